The van der Waals surface area contributed by atoms with E-state index in [2.05, 4.69) is 22.5 Å². The lowest BCUT2D eigenvalue weighted by Gasteiger charge is -2.29. The molecule has 1 aliphatic rings. The van der Waals surface area contributed by atoms with Crippen LogP contribution in [0.5, 0.6) is 0 Å². The van der Waals surface area contributed by atoms with Gasteiger partial charge in [-0.3, -0.25) is 9.59 Å². The first kappa shape index (κ1) is 20.2. The quantitative estimate of drug-likeness (QED) is 0.628. The fraction of sp³-hybridized carbons (Fsp3) is 0.435. The molecule has 0 unspecified atom stereocenters. The topological polar surface area (TPSA) is 89.2 Å². The van der Waals surface area contributed by atoms with E-state index < -0.39 is 0 Å². The summed E-state index contributed by atoms with van der Waals surface area (Å²) in [7, 11) is 0. The van der Waals surface area contributed by atoms with Gasteiger partial charge in [-0.1, -0.05) is 31.9 Å². The minimum absolute atomic E-state index is 0.0332. The lowest BCUT2D eigenvalue weighted by atomic mass is 9.86. The lowest BCUT2D eigenvalue weighted by Crippen LogP contribution is -2.42. The molecule has 1 aromatic carbocycles. The Kier molecular flexibility index (Phi) is 6.16. The summed E-state index contributed by atoms with van der Waals surface area (Å²) in [4.78, 5) is 29.9. The van der Waals surface area contributed by atoms with Gasteiger partial charge < -0.3 is 19.6 Å². The molecule has 1 fully saturated rings. The van der Waals surface area contributed by atoms with Crippen molar-refractivity contribution >= 4 is 22.8 Å². The number of amides is 2. The molecule has 30 heavy (non-hydrogen) atoms. The zero-order valence-electron chi connectivity index (χ0n) is 17.3. The van der Waals surface area contributed by atoms with Crippen LogP contribution >= 0.6 is 0 Å². The molecule has 0 radical (unpaired) electrons. The van der Waals surface area contributed by atoms with Crippen LogP contribution in [0.15, 0.2) is 47.1 Å². The van der Waals surface area contributed by atoms with Crippen molar-refractivity contribution in [1.29, 1.82) is 0 Å². The third-order valence-electron chi connectivity index (χ3n) is 5.85. The summed E-state index contributed by atoms with van der Waals surface area (Å²) in [5, 5.41) is 6.04. The molecule has 0 saturated heterocycles. The van der Waals surface area contributed by atoms with Crippen LogP contribution in [0.4, 0.5) is 0 Å². The number of para-hydroxylation sites is 2. The van der Waals surface area contributed by atoms with Gasteiger partial charge in [0.2, 0.25) is 11.8 Å². The predicted octanol–water partition coefficient (Wildman–Crippen LogP) is 3.18. The standard InChI is InChI=1S/C23H28N4O3/c1-16-7-2-3-9-18(16)26-23(29)15-27-20-11-5-4-10-19(20)25-21(27)13-22(28)24-14-17-8-6-12-30-17/h4-6,8,10-12,16,18H,2-3,7,9,13-15H2,1H3,(H,24,28)(H,26,29)/t16-,18+/m1/s1. The van der Waals surface area contributed by atoms with E-state index in [0.29, 0.717) is 24.0 Å². The summed E-state index contributed by atoms with van der Waals surface area (Å²) in [6, 6.07) is 11.5. The van der Waals surface area contributed by atoms with Crippen LogP contribution in [-0.2, 0) is 29.1 Å². The third-order valence-corrected chi connectivity index (χ3v) is 5.85. The molecule has 0 spiro atoms. The van der Waals surface area contributed by atoms with Crippen LogP contribution in [0.2, 0.25) is 0 Å². The number of nitrogens with one attached hydrogen (secondary N) is 2. The smallest absolute Gasteiger partial charge is 0.240 e. The molecular formula is C23H28N4O3. The maximum Gasteiger partial charge on any atom is 0.240 e. The monoisotopic (exact) mass is 408 g/mol. The minimum Gasteiger partial charge on any atom is -0.467 e. The second-order valence-corrected chi connectivity index (χ2v) is 8.07. The average Bonchev–Trinajstić information content (AvgIpc) is 3.37. The Balaban J connectivity index is 1.47. The molecule has 2 aromatic heterocycles. The first-order valence-electron chi connectivity index (χ1n) is 10.6. The highest BCUT2D eigenvalue weighted by Gasteiger charge is 2.24. The van der Waals surface area contributed by atoms with Gasteiger partial charge in [-0.05, 0) is 43.0 Å². The van der Waals surface area contributed by atoms with Crippen molar-refractivity contribution in [2.75, 3.05) is 0 Å². The summed E-state index contributed by atoms with van der Waals surface area (Å²) in [5.41, 5.74) is 1.64. The zero-order valence-corrected chi connectivity index (χ0v) is 17.3. The summed E-state index contributed by atoms with van der Waals surface area (Å²) < 4.78 is 7.10. The van der Waals surface area contributed by atoms with Crippen molar-refractivity contribution in [2.24, 2.45) is 5.92 Å². The van der Waals surface area contributed by atoms with Crippen molar-refractivity contribution in [1.82, 2.24) is 20.2 Å². The number of aromatic nitrogens is 2. The molecule has 0 aliphatic heterocycles. The molecule has 2 heterocycles. The zero-order chi connectivity index (χ0) is 20.9. The second kappa shape index (κ2) is 9.15. The second-order valence-electron chi connectivity index (χ2n) is 8.07. The predicted molar refractivity (Wildman–Crippen MR) is 114 cm³/mol. The van der Waals surface area contributed by atoms with Crippen molar-refractivity contribution in [3.63, 3.8) is 0 Å². The molecule has 7 heteroatoms. The van der Waals surface area contributed by atoms with Crippen LogP contribution in [-0.4, -0.2) is 27.4 Å². The van der Waals surface area contributed by atoms with E-state index in [1.807, 2.05) is 34.9 Å². The average molecular weight is 409 g/mol. The molecular weight excluding hydrogens is 380 g/mol. The third kappa shape index (κ3) is 4.72. The van der Waals surface area contributed by atoms with Crippen LogP contribution in [0.3, 0.4) is 0 Å². The van der Waals surface area contributed by atoms with E-state index in [0.717, 1.165) is 30.3 Å². The largest absolute Gasteiger partial charge is 0.467 e. The first-order chi connectivity index (χ1) is 14.6. The van der Waals surface area contributed by atoms with Gasteiger partial charge in [0.1, 0.15) is 18.1 Å². The number of rotatable bonds is 7. The summed E-state index contributed by atoms with van der Waals surface area (Å²) >= 11 is 0. The number of furan rings is 1. The Morgan fingerprint density at radius 3 is 2.77 bits per heavy atom. The Morgan fingerprint density at radius 2 is 1.97 bits per heavy atom. The van der Waals surface area contributed by atoms with Crippen molar-refractivity contribution in [3.8, 4) is 0 Å². The maximum atomic E-state index is 12.8. The van der Waals surface area contributed by atoms with E-state index >= 15 is 0 Å². The van der Waals surface area contributed by atoms with Crippen LogP contribution in [0.1, 0.15) is 44.2 Å². The van der Waals surface area contributed by atoms with E-state index in [4.69, 9.17) is 4.42 Å². The number of nitrogens with zero attached hydrogens (tertiary/aromatic N) is 2. The van der Waals surface area contributed by atoms with Gasteiger partial charge in [0.15, 0.2) is 0 Å². The molecule has 2 amide bonds. The molecule has 1 saturated carbocycles. The highest BCUT2D eigenvalue weighted by molar-refractivity contribution is 5.83. The molecule has 4 rings (SSSR count). The summed E-state index contributed by atoms with van der Waals surface area (Å²) in [6.45, 7) is 2.68. The van der Waals surface area contributed by atoms with Crippen LogP contribution in [0.25, 0.3) is 11.0 Å². The van der Waals surface area contributed by atoms with Crippen molar-refractivity contribution in [2.45, 2.75) is 58.2 Å². The van der Waals surface area contributed by atoms with Crippen LogP contribution < -0.4 is 10.6 Å². The van der Waals surface area contributed by atoms with Gasteiger partial charge in [-0.2, -0.15) is 0 Å². The maximum absolute atomic E-state index is 12.8. The Morgan fingerprint density at radius 1 is 1.13 bits per heavy atom. The molecule has 3 aromatic rings. The number of carbonyl (C=O) groups is 2. The summed E-state index contributed by atoms with van der Waals surface area (Å²) in [5.74, 6) is 1.57. The Bertz CT molecular complexity index is 1010. The number of hydrogen-bond donors (Lipinski definition) is 2. The van der Waals surface area contributed by atoms with Gasteiger partial charge in [0.05, 0.1) is 30.3 Å². The molecule has 2 atom stereocenters. The molecule has 0 bridgehead atoms. The lowest BCUT2D eigenvalue weighted by molar-refractivity contribution is -0.123. The van der Waals surface area contributed by atoms with Gasteiger partial charge >= 0.3 is 0 Å². The molecule has 2 N–H and O–H groups in total. The minimum atomic E-state index is -0.163. The summed E-state index contributed by atoms with van der Waals surface area (Å²) in [6.07, 6.45) is 6.25. The number of imidazole rings is 1. The van der Waals surface area contributed by atoms with E-state index in [1.165, 1.54) is 6.42 Å². The molecule has 1 aliphatic carbocycles. The fourth-order valence-electron chi connectivity index (χ4n) is 4.17. The highest BCUT2D eigenvalue weighted by Crippen LogP contribution is 2.24. The normalized spacial score (nSPS) is 19.0. The van der Waals surface area contributed by atoms with E-state index in [1.54, 1.807) is 12.3 Å². The first-order valence-corrected chi connectivity index (χ1v) is 10.6. The van der Waals surface area contributed by atoms with Gasteiger partial charge in [-0.15, -0.1) is 0 Å². The number of benzene rings is 1. The van der Waals surface area contributed by atoms with Crippen molar-refractivity contribution in [3.05, 3.63) is 54.2 Å². The number of carbonyl (C=O) groups excluding carboxylic acids is 2. The van der Waals surface area contributed by atoms with Gasteiger partial charge in [0.25, 0.3) is 0 Å². The van der Waals surface area contributed by atoms with E-state index in [9.17, 15) is 9.59 Å². The highest BCUT2D eigenvalue weighted by atomic mass is 16.3. The van der Waals surface area contributed by atoms with Gasteiger partial charge in [-0.25, -0.2) is 4.98 Å². The Hall–Kier alpha value is -3.09. The number of fused-ring (bicyclic) bond motifs is 1. The fourth-order valence-corrected chi connectivity index (χ4v) is 4.17. The Labute approximate surface area is 175 Å². The molecule has 7 nitrogen and oxygen atoms in total. The SMILES string of the molecule is C[C@@H]1CCCC[C@@H]1NC(=O)Cn1c(CC(=O)NCc2ccco2)nc2ccccc21. The van der Waals surface area contributed by atoms with Gasteiger partial charge in [0, 0.05) is 6.04 Å². The van der Waals surface area contributed by atoms with E-state index in [-0.39, 0.29) is 30.8 Å². The molecule has 158 valence electrons. The van der Waals surface area contributed by atoms with Crippen LogP contribution in [0, 0.1) is 5.92 Å². The van der Waals surface area contributed by atoms with Crippen molar-refractivity contribution < 1.29 is 14.0 Å². The number of hydrogen-bond acceptors (Lipinski definition) is 4.